The largest absolute Gasteiger partial charge is 0.368 e. The highest BCUT2D eigenvalue weighted by atomic mass is 16.5. The Kier molecular flexibility index (Phi) is 2.64. The summed E-state index contributed by atoms with van der Waals surface area (Å²) in [6, 6.07) is 1.79. The maximum atomic E-state index is 5.43. The zero-order valence-corrected chi connectivity index (χ0v) is 8.79. The lowest BCUT2D eigenvalue weighted by atomic mass is 9.79. The first-order valence-corrected chi connectivity index (χ1v) is 4.60. The van der Waals surface area contributed by atoms with Gasteiger partial charge in [0.15, 0.2) is 0 Å². The predicted octanol–water partition coefficient (Wildman–Crippen LogP) is 2.48. The molecule has 0 saturated carbocycles. The Balaban J connectivity index is 2.60. The smallest absolute Gasteiger partial charge is 0.222 e. The average Bonchev–Trinajstić information content (AvgIpc) is 2.33. The first-order chi connectivity index (χ1) is 5.89. The molecule has 13 heavy (non-hydrogen) atoms. The van der Waals surface area contributed by atoms with Crippen LogP contribution in [-0.2, 0) is 6.42 Å². The maximum Gasteiger partial charge on any atom is 0.222 e. The Hall–Kier alpha value is -0.990. The average molecular weight is 182 g/mol. The fourth-order valence-electron chi connectivity index (χ4n) is 1.04. The van der Waals surface area contributed by atoms with Gasteiger partial charge in [0.05, 0.1) is 5.69 Å². The zero-order chi connectivity index (χ0) is 10.1. The zero-order valence-electron chi connectivity index (χ0n) is 8.79. The molecule has 1 unspecified atom stereocenters. The van der Waals surface area contributed by atoms with Gasteiger partial charge in [0, 0.05) is 6.07 Å². The predicted molar refractivity (Wildman–Crippen MR) is 53.2 cm³/mol. The highest BCUT2D eigenvalue weighted by Gasteiger charge is 2.21. The van der Waals surface area contributed by atoms with Crippen LogP contribution in [0.4, 0.5) is 5.88 Å². The van der Waals surface area contributed by atoms with E-state index < -0.39 is 0 Å². The van der Waals surface area contributed by atoms with Gasteiger partial charge in [-0.15, -0.1) is 0 Å². The Labute approximate surface area is 79.3 Å². The van der Waals surface area contributed by atoms with Crippen LogP contribution in [0, 0.1) is 11.3 Å². The van der Waals surface area contributed by atoms with Gasteiger partial charge in [-0.25, -0.2) is 0 Å². The van der Waals surface area contributed by atoms with Gasteiger partial charge in [0.25, 0.3) is 0 Å². The molecule has 3 nitrogen and oxygen atoms in total. The van der Waals surface area contributed by atoms with Crippen molar-refractivity contribution in [3.05, 3.63) is 11.8 Å². The Morgan fingerprint density at radius 1 is 1.54 bits per heavy atom. The van der Waals surface area contributed by atoms with E-state index in [1.165, 1.54) is 0 Å². The quantitative estimate of drug-likeness (QED) is 0.764. The molecule has 0 bridgehead atoms. The van der Waals surface area contributed by atoms with Crippen LogP contribution >= 0.6 is 0 Å². The van der Waals surface area contributed by atoms with E-state index in [9.17, 15) is 0 Å². The van der Waals surface area contributed by atoms with E-state index in [2.05, 4.69) is 32.9 Å². The van der Waals surface area contributed by atoms with E-state index >= 15 is 0 Å². The number of anilines is 1. The summed E-state index contributed by atoms with van der Waals surface area (Å²) < 4.78 is 4.81. The van der Waals surface area contributed by atoms with Gasteiger partial charge >= 0.3 is 0 Å². The molecule has 1 aromatic heterocycles. The van der Waals surface area contributed by atoms with Crippen molar-refractivity contribution in [1.29, 1.82) is 0 Å². The first-order valence-electron chi connectivity index (χ1n) is 4.60. The molecule has 1 rings (SSSR count). The van der Waals surface area contributed by atoms with Gasteiger partial charge in [-0.05, 0) is 17.8 Å². The number of aromatic nitrogens is 1. The van der Waals surface area contributed by atoms with Crippen LogP contribution in [0.15, 0.2) is 10.6 Å². The lowest BCUT2D eigenvalue weighted by Gasteiger charge is -2.26. The molecule has 2 N–H and O–H groups in total. The second-order valence-corrected chi connectivity index (χ2v) is 4.69. The third-order valence-corrected chi connectivity index (χ3v) is 2.57. The highest BCUT2D eigenvalue weighted by Crippen LogP contribution is 2.28. The van der Waals surface area contributed by atoms with Crippen molar-refractivity contribution >= 4 is 5.88 Å². The molecule has 0 aliphatic heterocycles. The summed E-state index contributed by atoms with van der Waals surface area (Å²) in [6.07, 6.45) is 0.921. The van der Waals surface area contributed by atoms with Gasteiger partial charge in [-0.1, -0.05) is 32.9 Å². The Bertz CT molecular complexity index is 273. The Morgan fingerprint density at radius 3 is 2.54 bits per heavy atom. The fourth-order valence-corrected chi connectivity index (χ4v) is 1.04. The van der Waals surface area contributed by atoms with Crippen LogP contribution in [0.1, 0.15) is 33.4 Å². The molecular weight excluding hydrogens is 164 g/mol. The van der Waals surface area contributed by atoms with Gasteiger partial charge in [-0.3, -0.25) is 0 Å². The first kappa shape index (κ1) is 10.1. The van der Waals surface area contributed by atoms with E-state index in [4.69, 9.17) is 10.3 Å². The lowest BCUT2D eigenvalue weighted by molar-refractivity contribution is 0.255. The molecule has 0 radical (unpaired) electrons. The summed E-state index contributed by atoms with van der Waals surface area (Å²) in [7, 11) is 0. The molecule has 1 heterocycles. The van der Waals surface area contributed by atoms with Crippen molar-refractivity contribution in [2.24, 2.45) is 11.3 Å². The van der Waals surface area contributed by atoms with E-state index in [-0.39, 0.29) is 0 Å². The maximum absolute atomic E-state index is 5.43. The van der Waals surface area contributed by atoms with Crippen LogP contribution in [-0.4, -0.2) is 5.16 Å². The molecule has 1 atom stereocenters. The number of nitrogen functional groups attached to an aromatic ring is 1. The second kappa shape index (κ2) is 3.40. The second-order valence-electron chi connectivity index (χ2n) is 4.69. The minimum absolute atomic E-state index is 0.299. The highest BCUT2D eigenvalue weighted by molar-refractivity contribution is 5.24. The number of nitrogens with two attached hydrogens (primary N) is 1. The summed E-state index contributed by atoms with van der Waals surface area (Å²) in [6.45, 7) is 8.88. The van der Waals surface area contributed by atoms with Crippen LogP contribution in [0.5, 0.6) is 0 Å². The summed E-state index contributed by atoms with van der Waals surface area (Å²) in [5.74, 6) is 0.966. The monoisotopic (exact) mass is 182 g/mol. The summed E-state index contributed by atoms with van der Waals surface area (Å²) >= 11 is 0. The molecular formula is C10H18N2O. The summed E-state index contributed by atoms with van der Waals surface area (Å²) in [5, 5.41) is 3.87. The number of hydrogen-bond donors (Lipinski definition) is 1. The Morgan fingerprint density at radius 2 is 2.15 bits per heavy atom. The van der Waals surface area contributed by atoms with Crippen molar-refractivity contribution in [1.82, 2.24) is 5.16 Å². The van der Waals surface area contributed by atoms with Crippen LogP contribution in [0.3, 0.4) is 0 Å². The number of hydrogen-bond acceptors (Lipinski definition) is 3. The minimum Gasteiger partial charge on any atom is -0.368 e. The summed E-state index contributed by atoms with van der Waals surface area (Å²) in [4.78, 5) is 0. The van der Waals surface area contributed by atoms with Gasteiger partial charge in [-0.2, -0.15) is 0 Å². The molecule has 0 aliphatic rings. The topological polar surface area (TPSA) is 52.0 Å². The van der Waals surface area contributed by atoms with Gasteiger partial charge < -0.3 is 10.3 Å². The van der Waals surface area contributed by atoms with Crippen molar-refractivity contribution in [2.45, 2.75) is 34.1 Å². The van der Waals surface area contributed by atoms with Gasteiger partial charge in [0.1, 0.15) is 0 Å². The molecule has 0 aromatic carbocycles. The van der Waals surface area contributed by atoms with E-state index in [1.54, 1.807) is 6.07 Å². The normalized spacial score (nSPS) is 14.5. The van der Waals surface area contributed by atoms with Crippen LogP contribution < -0.4 is 5.73 Å². The van der Waals surface area contributed by atoms with Crippen molar-refractivity contribution in [2.75, 3.05) is 5.73 Å². The molecule has 74 valence electrons. The third-order valence-electron chi connectivity index (χ3n) is 2.57. The molecule has 0 fully saturated rings. The summed E-state index contributed by atoms with van der Waals surface area (Å²) in [5.41, 5.74) is 6.68. The molecule has 0 aliphatic carbocycles. The van der Waals surface area contributed by atoms with Crippen molar-refractivity contribution in [3.63, 3.8) is 0 Å². The van der Waals surface area contributed by atoms with E-state index in [0.717, 1.165) is 12.1 Å². The molecule has 0 amide bonds. The lowest BCUT2D eigenvalue weighted by Crippen LogP contribution is -2.19. The molecule has 3 heteroatoms. The minimum atomic E-state index is 0.299. The number of rotatable bonds is 2. The van der Waals surface area contributed by atoms with Gasteiger partial charge in [0.2, 0.25) is 5.88 Å². The molecule has 1 aromatic rings. The van der Waals surface area contributed by atoms with Crippen LogP contribution in [0.25, 0.3) is 0 Å². The fraction of sp³-hybridized carbons (Fsp3) is 0.700. The van der Waals surface area contributed by atoms with Crippen LogP contribution in [0.2, 0.25) is 0 Å². The number of nitrogens with zero attached hydrogens (tertiary/aromatic N) is 1. The SMILES string of the molecule is CC(Cc1cc(N)on1)C(C)(C)C. The standard InChI is InChI=1S/C10H18N2O/c1-7(10(2,3)4)5-8-6-9(11)13-12-8/h6-7H,5,11H2,1-4H3. The van der Waals surface area contributed by atoms with E-state index in [0.29, 0.717) is 17.2 Å². The van der Waals surface area contributed by atoms with Crippen molar-refractivity contribution in [3.8, 4) is 0 Å². The van der Waals surface area contributed by atoms with Crippen molar-refractivity contribution < 1.29 is 4.52 Å². The molecule has 0 saturated heterocycles. The third kappa shape index (κ3) is 2.76. The molecule has 0 spiro atoms. The van der Waals surface area contributed by atoms with E-state index in [1.807, 2.05) is 0 Å².